The van der Waals surface area contributed by atoms with Crippen LogP contribution < -0.4 is 15.4 Å². The maximum Gasteiger partial charge on any atom is 0.338 e. The van der Waals surface area contributed by atoms with Gasteiger partial charge in [0, 0.05) is 5.70 Å². The van der Waals surface area contributed by atoms with Crippen LogP contribution in [0.3, 0.4) is 0 Å². The lowest BCUT2D eigenvalue weighted by molar-refractivity contribution is -0.146. The molecule has 6 heteroatoms. The van der Waals surface area contributed by atoms with Crippen molar-refractivity contribution in [1.82, 2.24) is 10.6 Å². The van der Waals surface area contributed by atoms with E-state index in [0.717, 1.165) is 30.6 Å². The predicted octanol–water partition coefficient (Wildman–Crippen LogP) is 3.84. The summed E-state index contributed by atoms with van der Waals surface area (Å²) in [7, 11) is 0. The van der Waals surface area contributed by atoms with E-state index in [1.54, 1.807) is 6.92 Å². The van der Waals surface area contributed by atoms with Crippen molar-refractivity contribution >= 4 is 12.0 Å². The van der Waals surface area contributed by atoms with Crippen molar-refractivity contribution in [3.8, 4) is 5.75 Å². The van der Waals surface area contributed by atoms with Crippen LogP contribution in [0.1, 0.15) is 58.1 Å². The van der Waals surface area contributed by atoms with Crippen molar-refractivity contribution in [3.05, 3.63) is 41.1 Å². The van der Waals surface area contributed by atoms with Crippen LogP contribution in [0, 0.1) is 5.92 Å². The Balaban J connectivity index is 1.81. The molecular weight excluding hydrogens is 344 g/mol. The number of amides is 2. The molecule has 1 fully saturated rings. The minimum Gasteiger partial charge on any atom is -0.494 e. The zero-order valence-electron chi connectivity index (χ0n) is 16.2. The van der Waals surface area contributed by atoms with E-state index in [1.165, 1.54) is 6.42 Å². The third kappa shape index (κ3) is 4.62. The summed E-state index contributed by atoms with van der Waals surface area (Å²) in [6.45, 7) is 6.43. The first-order valence-electron chi connectivity index (χ1n) is 9.70. The molecule has 1 aromatic rings. The van der Waals surface area contributed by atoms with Gasteiger partial charge in [-0.2, -0.15) is 0 Å². The van der Waals surface area contributed by atoms with Crippen LogP contribution in [0.4, 0.5) is 4.79 Å². The predicted molar refractivity (Wildman–Crippen MR) is 102 cm³/mol. The minimum absolute atomic E-state index is 0.0554. The molecule has 146 valence electrons. The maximum absolute atomic E-state index is 12.9. The highest BCUT2D eigenvalue weighted by Gasteiger charge is 2.34. The molecule has 1 heterocycles. The standard InChI is InChI=1S/C21H28N2O4/c1-4-26-16-10-8-15(9-11-16)19-18(14(3)22-21(25)23-19)20(24)27-17-7-5-6-13(2)12-17/h8-11,13,17,19H,4-7,12H2,1-3H3,(H2,22,23,25)/t13-,17-,19-/m1/s1. The van der Waals surface area contributed by atoms with Gasteiger partial charge in [0.25, 0.3) is 0 Å². The van der Waals surface area contributed by atoms with Crippen LogP contribution in [0.5, 0.6) is 5.75 Å². The number of hydrogen-bond donors (Lipinski definition) is 2. The molecule has 2 amide bonds. The Morgan fingerprint density at radius 3 is 2.63 bits per heavy atom. The smallest absolute Gasteiger partial charge is 0.338 e. The van der Waals surface area contributed by atoms with E-state index >= 15 is 0 Å². The number of ether oxygens (including phenoxy) is 2. The molecule has 1 aromatic carbocycles. The number of urea groups is 1. The number of nitrogens with one attached hydrogen (secondary N) is 2. The molecule has 0 radical (unpaired) electrons. The number of esters is 1. The van der Waals surface area contributed by atoms with Crippen LogP contribution in [-0.4, -0.2) is 24.7 Å². The second kappa shape index (κ2) is 8.46. The van der Waals surface area contributed by atoms with E-state index in [0.29, 0.717) is 23.8 Å². The van der Waals surface area contributed by atoms with Gasteiger partial charge in [0.2, 0.25) is 0 Å². The maximum atomic E-state index is 12.9. The van der Waals surface area contributed by atoms with Gasteiger partial charge in [-0.15, -0.1) is 0 Å². The van der Waals surface area contributed by atoms with Crippen LogP contribution in [-0.2, 0) is 9.53 Å². The largest absolute Gasteiger partial charge is 0.494 e. The third-order valence-corrected chi connectivity index (χ3v) is 5.18. The number of carbonyl (C=O) groups excluding carboxylic acids is 2. The summed E-state index contributed by atoms with van der Waals surface area (Å²) in [4.78, 5) is 24.9. The zero-order chi connectivity index (χ0) is 19.4. The lowest BCUT2D eigenvalue weighted by Gasteiger charge is -2.31. The van der Waals surface area contributed by atoms with E-state index in [2.05, 4.69) is 17.6 Å². The van der Waals surface area contributed by atoms with Crippen molar-refractivity contribution in [2.45, 2.75) is 58.6 Å². The van der Waals surface area contributed by atoms with Gasteiger partial charge in [0.05, 0.1) is 18.2 Å². The average molecular weight is 372 g/mol. The number of hydrogen-bond acceptors (Lipinski definition) is 4. The molecule has 1 aliphatic carbocycles. The van der Waals surface area contributed by atoms with E-state index < -0.39 is 6.04 Å². The van der Waals surface area contributed by atoms with Gasteiger partial charge in [-0.1, -0.05) is 25.5 Å². The van der Waals surface area contributed by atoms with Crippen molar-refractivity contribution < 1.29 is 19.1 Å². The molecule has 27 heavy (non-hydrogen) atoms. The van der Waals surface area contributed by atoms with Crippen LogP contribution in [0.25, 0.3) is 0 Å². The molecule has 1 saturated carbocycles. The number of allylic oxidation sites excluding steroid dienone is 1. The molecule has 3 rings (SSSR count). The van der Waals surface area contributed by atoms with Crippen molar-refractivity contribution in [3.63, 3.8) is 0 Å². The monoisotopic (exact) mass is 372 g/mol. The summed E-state index contributed by atoms with van der Waals surface area (Å²) in [5, 5.41) is 5.53. The second-order valence-electron chi connectivity index (χ2n) is 7.37. The van der Waals surface area contributed by atoms with E-state index in [4.69, 9.17) is 9.47 Å². The molecule has 6 nitrogen and oxygen atoms in total. The minimum atomic E-state index is -0.539. The summed E-state index contributed by atoms with van der Waals surface area (Å²) in [6.07, 6.45) is 4.00. The molecular formula is C21H28N2O4. The van der Waals surface area contributed by atoms with E-state index in [1.807, 2.05) is 31.2 Å². The normalized spacial score (nSPS) is 25.4. The topological polar surface area (TPSA) is 76.7 Å². The first-order chi connectivity index (χ1) is 13.0. The Morgan fingerprint density at radius 1 is 1.22 bits per heavy atom. The first kappa shape index (κ1) is 19.3. The summed E-state index contributed by atoms with van der Waals surface area (Å²) in [5.41, 5.74) is 1.81. The van der Waals surface area contributed by atoms with Gasteiger partial charge in [-0.05, 0) is 56.7 Å². The second-order valence-corrected chi connectivity index (χ2v) is 7.37. The number of carbonyl (C=O) groups is 2. The third-order valence-electron chi connectivity index (χ3n) is 5.18. The van der Waals surface area contributed by atoms with Gasteiger partial charge in [0.15, 0.2) is 0 Å². The fourth-order valence-electron chi connectivity index (χ4n) is 3.84. The summed E-state index contributed by atoms with van der Waals surface area (Å²) < 4.78 is 11.3. The molecule has 0 spiro atoms. The Hall–Kier alpha value is -2.50. The molecule has 1 aliphatic heterocycles. The van der Waals surface area contributed by atoms with E-state index in [-0.39, 0.29) is 18.1 Å². The highest BCUT2D eigenvalue weighted by molar-refractivity contribution is 5.95. The van der Waals surface area contributed by atoms with Gasteiger partial charge < -0.3 is 20.1 Å². The summed E-state index contributed by atoms with van der Waals surface area (Å²) >= 11 is 0. The Kier molecular flexibility index (Phi) is 6.04. The SMILES string of the molecule is CCOc1ccc([C@H]2NC(=O)NC(C)=C2C(=O)O[C@@H]2CCC[C@@H](C)C2)cc1. The Labute approximate surface area is 160 Å². The molecule has 2 N–H and O–H groups in total. The highest BCUT2D eigenvalue weighted by Crippen LogP contribution is 2.31. The molecule has 2 aliphatic rings. The van der Waals surface area contributed by atoms with Crippen molar-refractivity contribution in [2.24, 2.45) is 5.92 Å². The summed E-state index contributed by atoms with van der Waals surface area (Å²) in [5.74, 6) is 0.957. The van der Waals surface area contributed by atoms with E-state index in [9.17, 15) is 9.59 Å². The Bertz CT molecular complexity index is 726. The van der Waals surface area contributed by atoms with Crippen molar-refractivity contribution in [2.75, 3.05) is 6.61 Å². The quantitative estimate of drug-likeness (QED) is 0.770. The molecule has 0 aromatic heterocycles. The fraction of sp³-hybridized carbons (Fsp3) is 0.524. The molecule has 3 atom stereocenters. The fourth-order valence-corrected chi connectivity index (χ4v) is 3.84. The van der Waals surface area contributed by atoms with Crippen LogP contribution >= 0.6 is 0 Å². The van der Waals surface area contributed by atoms with Gasteiger partial charge in [-0.3, -0.25) is 0 Å². The number of benzene rings is 1. The molecule has 0 saturated heterocycles. The highest BCUT2D eigenvalue weighted by atomic mass is 16.5. The lowest BCUT2D eigenvalue weighted by Crippen LogP contribution is -2.45. The van der Waals surface area contributed by atoms with Crippen LogP contribution in [0.15, 0.2) is 35.5 Å². The van der Waals surface area contributed by atoms with Crippen molar-refractivity contribution in [1.29, 1.82) is 0 Å². The van der Waals surface area contributed by atoms with Crippen LogP contribution in [0.2, 0.25) is 0 Å². The average Bonchev–Trinajstić information content (AvgIpc) is 2.62. The lowest BCUT2D eigenvalue weighted by atomic mass is 9.88. The van der Waals surface area contributed by atoms with Gasteiger partial charge in [-0.25, -0.2) is 9.59 Å². The van der Waals surface area contributed by atoms with Gasteiger partial charge >= 0.3 is 12.0 Å². The Morgan fingerprint density at radius 2 is 1.96 bits per heavy atom. The van der Waals surface area contributed by atoms with Gasteiger partial charge in [0.1, 0.15) is 11.9 Å². The first-order valence-corrected chi connectivity index (χ1v) is 9.70. The zero-order valence-corrected chi connectivity index (χ0v) is 16.2. The molecule has 0 unspecified atom stereocenters. The summed E-state index contributed by atoms with van der Waals surface area (Å²) in [6, 6.07) is 6.55. The molecule has 0 bridgehead atoms. The number of rotatable bonds is 5.